The zero-order valence-electron chi connectivity index (χ0n) is 15.3. The van der Waals surface area contributed by atoms with Crippen LogP contribution in [-0.4, -0.2) is 54.8 Å². The number of aryl methyl sites for hydroxylation is 1. The maximum atomic E-state index is 12.8. The van der Waals surface area contributed by atoms with Crippen LogP contribution in [0.5, 0.6) is 0 Å². The lowest BCUT2D eigenvalue weighted by molar-refractivity contribution is -0.135. The number of benzene rings is 2. The topological polar surface area (TPSA) is 52.7 Å². The Hall–Kier alpha value is -2.66. The highest BCUT2D eigenvalue weighted by molar-refractivity contribution is 5.96. The Morgan fingerprint density at radius 2 is 1.85 bits per heavy atom. The van der Waals surface area contributed by atoms with Crippen molar-refractivity contribution in [3.8, 4) is 0 Å². The van der Waals surface area contributed by atoms with E-state index in [0.717, 1.165) is 24.2 Å². The number of hydrogen-bond acceptors (Lipinski definition) is 3. The fraction of sp³-hybridized carbons (Fsp3) is 0.333. The maximum Gasteiger partial charge on any atom is 0.251 e. The summed E-state index contributed by atoms with van der Waals surface area (Å²) in [7, 11) is 2.07. The summed E-state index contributed by atoms with van der Waals surface area (Å²) in [5.41, 5.74) is 2.72. The van der Waals surface area contributed by atoms with Gasteiger partial charge in [-0.15, -0.1) is 0 Å². The summed E-state index contributed by atoms with van der Waals surface area (Å²) < 4.78 is 0. The smallest absolute Gasteiger partial charge is 0.251 e. The molecular weight excluding hydrogens is 326 g/mol. The van der Waals surface area contributed by atoms with Crippen molar-refractivity contribution >= 4 is 11.8 Å². The molecule has 5 heteroatoms. The molecular formula is C21H25N3O2. The number of carbonyl (C=O) groups is 2. The van der Waals surface area contributed by atoms with Gasteiger partial charge in [0.1, 0.15) is 0 Å². The molecule has 1 unspecified atom stereocenters. The van der Waals surface area contributed by atoms with Crippen LogP contribution in [0.2, 0.25) is 0 Å². The zero-order chi connectivity index (χ0) is 18.5. The first-order valence-corrected chi connectivity index (χ1v) is 8.92. The van der Waals surface area contributed by atoms with Crippen LogP contribution in [0.25, 0.3) is 0 Å². The maximum absolute atomic E-state index is 12.8. The molecule has 0 saturated carbocycles. The Balaban J connectivity index is 1.66. The van der Waals surface area contributed by atoms with Gasteiger partial charge in [0.05, 0.1) is 12.6 Å². The SMILES string of the molecule is Cc1cccc(C(=O)NCC(=O)N2CCN(C)CC2c2ccccc2)c1. The number of hydrogen-bond donors (Lipinski definition) is 1. The minimum atomic E-state index is -0.215. The molecule has 0 aromatic heterocycles. The van der Waals surface area contributed by atoms with Gasteiger partial charge >= 0.3 is 0 Å². The third-order valence-corrected chi connectivity index (χ3v) is 4.77. The second-order valence-electron chi connectivity index (χ2n) is 6.83. The second kappa shape index (κ2) is 8.15. The van der Waals surface area contributed by atoms with Gasteiger partial charge in [-0.3, -0.25) is 9.59 Å². The van der Waals surface area contributed by atoms with Crippen LogP contribution in [0.3, 0.4) is 0 Å². The van der Waals surface area contributed by atoms with Crippen molar-refractivity contribution in [1.82, 2.24) is 15.1 Å². The molecule has 1 N–H and O–H groups in total. The van der Waals surface area contributed by atoms with Gasteiger partial charge < -0.3 is 15.1 Å². The molecule has 1 heterocycles. The Labute approximate surface area is 154 Å². The third kappa shape index (κ3) is 4.29. The minimum Gasteiger partial charge on any atom is -0.343 e. The Morgan fingerprint density at radius 3 is 2.58 bits per heavy atom. The molecule has 1 aliphatic rings. The largest absolute Gasteiger partial charge is 0.343 e. The lowest BCUT2D eigenvalue weighted by atomic mass is 10.0. The highest BCUT2D eigenvalue weighted by Crippen LogP contribution is 2.24. The second-order valence-corrected chi connectivity index (χ2v) is 6.83. The van der Waals surface area contributed by atoms with Crippen LogP contribution in [0.15, 0.2) is 54.6 Å². The van der Waals surface area contributed by atoms with Crippen molar-refractivity contribution in [3.63, 3.8) is 0 Å². The van der Waals surface area contributed by atoms with E-state index in [0.29, 0.717) is 12.1 Å². The quantitative estimate of drug-likeness (QED) is 0.919. The van der Waals surface area contributed by atoms with Crippen molar-refractivity contribution in [3.05, 3.63) is 71.3 Å². The summed E-state index contributed by atoms with van der Waals surface area (Å²) in [6.45, 7) is 4.24. The van der Waals surface area contributed by atoms with E-state index >= 15 is 0 Å². The summed E-state index contributed by atoms with van der Waals surface area (Å²) >= 11 is 0. The van der Waals surface area contributed by atoms with Gasteiger partial charge in [-0.25, -0.2) is 0 Å². The summed E-state index contributed by atoms with van der Waals surface area (Å²) in [6.07, 6.45) is 0. The van der Waals surface area contributed by atoms with Crippen LogP contribution < -0.4 is 5.32 Å². The lowest BCUT2D eigenvalue weighted by Crippen LogP contribution is -2.51. The molecule has 3 rings (SSSR count). The number of nitrogens with zero attached hydrogens (tertiary/aromatic N) is 2. The number of piperazine rings is 1. The standard InChI is InChI=1S/C21H25N3O2/c1-16-7-6-10-18(13-16)21(26)22-14-20(25)24-12-11-23(2)15-19(24)17-8-4-3-5-9-17/h3-10,13,19H,11-12,14-15H2,1-2H3,(H,22,26). The van der Waals surface area contributed by atoms with E-state index in [1.807, 2.05) is 48.2 Å². The number of nitrogens with one attached hydrogen (secondary N) is 1. The van der Waals surface area contributed by atoms with E-state index in [1.54, 1.807) is 6.07 Å². The highest BCUT2D eigenvalue weighted by atomic mass is 16.2. The Bertz CT molecular complexity index is 776. The summed E-state index contributed by atoms with van der Waals surface area (Å²) in [4.78, 5) is 29.2. The average molecular weight is 351 g/mol. The molecule has 5 nitrogen and oxygen atoms in total. The molecule has 1 saturated heterocycles. The number of likely N-dealkylation sites (N-methyl/N-ethyl adjacent to an activating group) is 1. The fourth-order valence-corrected chi connectivity index (χ4v) is 3.32. The average Bonchev–Trinajstić information content (AvgIpc) is 2.66. The molecule has 26 heavy (non-hydrogen) atoms. The first kappa shape index (κ1) is 18.1. The predicted molar refractivity (Wildman–Crippen MR) is 102 cm³/mol. The van der Waals surface area contributed by atoms with Crippen LogP contribution in [0.1, 0.15) is 27.5 Å². The van der Waals surface area contributed by atoms with E-state index in [-0.39, 0.29) is 24.4 Å². The first-order chi connectivity index (χ1) is 12.5. The third-order valence-electron chi connectivity index (χ3n) is 4.77. The molecule has 1 fully saturated rings. The van der Waals surface area contributed by atoms with Gasteiger partial charge in [0.25, 0.3) is 5.91 Å². The zero-order valence-corrected chi connectivity index (χ0v) is 15.3. The number of rotatable bonds is 4. The summed E-state index contributed by atoms with van der Waals surface area (Å²) in [6, 6.07) is 17.4. The molecule has 2 aromatic carbocycles. The first-order valence-electron chi connectivity index (χ1n) is 8.92. The number of carbonyl (C=O) groups excluding carboxylic acids is 2. The summed E-state index contributed by atoms with van der Waals surface area (Å²) in [5.74, 6) is -0.264. The van der Waals surface area contributed by atoms with E-state index in [9.17, 15) is 9.59 Å². The normalized spacial score (nSPS) is 17.8. The van der Waals surface area contributed by atoms with Gasteiger partial charge in [-0.1, -0.05) is 48.0 Å². The van der Waals surface area contributed by atoms with E-state index in [2.05, 4.69) is 29.4 Å². The van der Waals surface area contributed by atoms with Crippen LogP contribution >= 0.6 is 0 Å². The minimum absolute atomic E-state index is 0.0123. The van der Waals surface area contributed by atoms with Crippen LogP contribution in [0.4, 0.5) is 0 Å². The van der Waals surface area contributed by atoms with Crippen LogP contribution in [0, 0.1) is 6.92 Å². The number of amides is 2. The van der Waals surface area contributed by atoms with Gasteiger partial charge in [0, 0.05) is 25.2 Å². The molecule has 1 aliphatic heterocycles. The Morgan fingerprint density at radius 1 is 1.08 bits per heavy atom. The van der Waals surface area contributed by atoms with Crippen molar-refractivity contribution in [2.75, 3.05) is 33.2 Å². The fourth-order valence-electron chi connectivity index (χ4n) is 3.32. The van der Waals surface area contributed by atoms with Gasteiger partial charge in [-0.05, 0) is 31.7 Å². The van der Waals surface area contributed by atoms with Gasteiger partial charge in [0.15, 0.2) is 0 Å². The molecule has 0 bridgehead atoms. The van der Waals surface area contributed by atoms with Crippen molar-refractivity contribution in [2.45, 2.75) is 13.0 Å². The predicted octanol–water partition coefficient (Wildman–Crippen LogP) is 2.24. The van der Waals surface area contributed by atoms with Crippen molar-refractivity contribution < 1.29 is 9.59 Å². The molecule has 2 aromatic rings. The molecule has 136 valence electrons. The molecule has 2 amide bonds. The molecule has 0 aliphatic carbocycles. The van der Waals surface area contributed by atoms with Crippen molar-refractivity contribution in [1.29, 1.82) is 0 Å². The lowest BCUT2D eigenvalue weighted by Gasteiger charge is -2.40. The molecule has 0 spiro atoms. The summed E-state index contributed by atoms with van der Waals surface area (Å²) in [5, 5.41) is 2.76. The van der Waals surface area contributed by atoms with Gasteiger partial charge in [-0.2, -0.15) is 0 Å². The van der Waals surface area contributed by atoms with Crippen molar-refractivity contribution in [2.24, 2.45) is 0 Å². The Kier molecular flexibility index (Phi) is 5.68. The molecule has 1 atom stereocenters. The van der Waals surface area contributed by atoms with Crippen LogP contribution in [-0.2, 0) is 4.79 Å². The van der Waals surface area contributed by atoms with E-state index in [1.165, 1.54) is 0 Å². The van der Waals surface area contributed by atoms with E-state index < -0.39 is 0 Å². The van der Waals surface area contributed by atoms with E-state index in [4.69, 9.17) is 0 Å². The van der Waals surface area contributed by atoms with Gasteiger partial charge in [0.2, 0.25) is 5.91 Å². The monoisotopic (exact) mass is 351 g/mol. The molecule has 0 radical (unpaired) electrons. The highest BCUT2D eigenvalue weighted by Gasteiger charge is 2.30.